The molecule has 1 amide bonds. The Morgan fingerprint density at radius 2 is 2.00 bits per heavy atom. The topological polar surface area (TPSA) is 42.2 Å². The predicted molar refractivity (Wildman–Crippen MR) is 64.7 cm³/mol. The molecule has 0 atom stereocenters. The second-order valence-corrected chi connectivity index (χ2v) is 3.83. The third kappa shape index (κ3) is 2.75. The van der Waals surface area contributed by atoms with E-state index in [-0.39, 0.29) is 5.91 Å². The standard InChI is InChI=1S/C13H19NO2/c1-5-6-7-8-14-13(15)12-9(2)10(3)16-11(12)4/h5-6H,7-8H2,1-4H3,(H,14,15)/b6-5+. The summed E-state index contributed by atoms with van der Waals surface area (Å²) < 4.78 is 5.42. The number of hydrogen-bond donors (Lipinski definition) is 1. The highest BCUT2D eigenvalue weighted by Crippen LogP contribution is 2.20. The van der Waals surface area contributed by atoms with Gasteiger partial charge in [-0.05, 0) is 34.1 Å². The molecule has 0 spiro atoms. The first-order chi connectivity index (χ1) is 7.57. The molecule has 0 saturated heterocycles. The van der Waals surface area contributed by atoms with Gasteiger partial charge in [0.05, 0.1) is 5.56 Å². The fourth-order valence-electron chi connectivity index (χ4n) is 1.65. The number of furan rings is 1. The Bertz CT molecular complexity index is 402. The van der Waals surface area contributed by atoms with Gasteiger partial charge in [0.1, 0.15) is 11.5 Å². The van der Waals surface area contributed by atoms with Gasteiger partial charge in [0, 0.05) is 12.1 Å². The highest BCUT2D eigenvalue weighted by atomic mass is 16.3. The number of nitrogens with one attached hydrogen (secondary N) is 1. The molecule has 1 heterocycles. The molecule has 0 aliphatic heterocycles. The Labute approximate surface area is 96.5 Å². The van der Waals surface area contributed by atoms with Crippen LogP contribution in [0.1, 0.15) is 40.8 Å². The highest BCUT2D eigenvalue weighted by Gasteiger charge is 2.17. The summed E-state index contributed by atoms with van der Waals surface area (Å²) in [5, 5.41) is 2.88. The van der Waals surface area contributed by atoms with E-state index in [4.69, 9.17) is 4.42 Å². The summed E-state index contributed by atoms with van der Waals surface area (Å²) in [7, 11) is 0. The van der Waals surface area contributed by atoms with E-state index in [1.165, 1.54) is 0 Å². The number of amides is 1. The second-order valence-electron chi connectivity index (χ2n) is 3.83. The highest BCUT2D eigenvalue weighted by molar-refractivity contribution is 5.96. The van der Waals surface area contributed by atoms with E-state index in [1.54, 1.807) is 0 Å². The molecule has 3 heteroatoms. The van der Waals surface area contributed by atoms with Gasteiger partial charge >= 0.3 is 0 Å². The van der Waals surface area contributed by atoms with Crippen molar-refractivity contribution in [2.75, 3.05) is 6.54 Å². The van der Waals surface area contributed by atoms with Gasteiger partial charge in [-0.3, -0.25) is 4.79 Å². The van der Waals surface area contributed by atoms with Gasteiger partial charge in [-0.25, -0.2) is 0 Å². The van der Waals surface area contributed by atoms with Gasteiger partial charge in [-0.15, -0.1) is 0 Å². The summed E-state index contributed by atoms with van der Waals surface area (Å²) in [6.45, 7) is 8.23. The van der Waals surface area contributed by atoms with E-state index >= 15 is 0 Å². The van der Waals surface area contributed by atoms with Crippen molar-refractivity contribution in [3.63, 3.8) is 0 Å². The quantitative estimate of drug-likeness (QED) is 0.627. The minimum atomic E-state index is -0.0450. The van der Waals surface area contributed by atoms with Crippen LogP contribution in [0.2, 0.25) is 0 Å². The molecule has 16 heavy (non-hydrogen) atoms. The molecule has 1 aromatic rings. The number of hydrogen-bond acceptors (Lipinski definition) is 2. The third-order valence-electron chi connectivity index (χ3n) is 2.62. The number of aryl methyl sites for hydroxylation is 2. The summed E-state index contributed by atoms with van der Waals surface area (Å²) in [5.41, 5.74) is 1.61. The molecule has 0 aromatic carbocycles. The molecule has 0 unspecified atom stereocenters. The molecule has 1 N–H and O–H groups in total. The van der Waals surface area contributed by atoms with E-state index in [1.807, 2.05) is 39.8 Å². The molecule has 1 rings (SSSR count). The first kappa shape index (κ1) is 12.6. The lowest BCUT2D eigenvalue weighted by Crippen LogP contribution is -2.25. The van der Waals surface area contributed by atoms with Crippen LogP contribution in [0.25, 0.3) is 0 Å². The van der Waals surface area contributed by atoms with E-state index < -0.39 is 0 Å². The Hall–Kier alpha value is -1.51. The van der Waals surface area contributed by atoms with Crippen LogP contribution in [0.5, 0.6) is 0 Å². The average molecular weight is 221 g/mol. The van der Waals surface area contributed by atoms with Crippen molar-refractivity contribution in [3.05, 3.63) is 34.8 Å². The van der Waals surface area contributed by atoms with Crippen molar-refractivity contribution in [2.45, 2.75) is 34.1 Å². The minimum Gasteiger partial charge on any atom is -0.466 e. The summed E-state index contributed by atoms with van der Waals surface area (Å²) in [4.78, 5) is 11.9. The maximum Gasteiger partial charge on any atom is 0.255 e. The molecule has 0 aliphatic rings. The molecular weight excluding hydrogens is 202 g/mol. The van der Waals surface area contributed by atoms with Crippen molar-refractivity contribution in [2.24, 2.45) is 0 Å². The fourth-order valence-corrected chi connectivity index (χ4v) is 1.65. The van der Waals surface area contributed by atoms with E-state index in [9.17, 15) is 4.79 Å². The smallest absolute Gasteiger partial charge is 0.255 e. The summed E-state index contributed by atoms with van der Waals surface area (Å²) in [5.74, 6) is 1.46. The van der Waals surface area contributed by atoms with E-state index in [0.29, 0.717) is 17.9 Å². The van der Waals surface area contributed by atoms with Gasteiger partial charge in [0.15, 0.2) is 0 Å². The third-order valence-corrected chi connectivity index (χ3v) is 2.62. The molecule has 88 valence electrons. The van der Waals surface area contributed by atoms with Crippen LogP contribution in [-0.4, -0.2) is 12.5 Å². The van der Waals surface area contributed by atoms with Crippen LogP contribution in [0, 0.1) is 20.8 Å². The normalized spacial score (nSPS) is 11.0. The molecule has 0 fully saturated rings. The van der Waals surface area contributed by atoms with Crippen LogP contribution in [0.4, 0.5) is 0 Å². The van der Waals surface area contributed by atoms with Crippen molar-refractivity contribution in [3.8, 4) is 0 Å². The van der Waals surface area contributed by atoms with Gasteiger partial charge in [0.25, 0.3) is 5.91 Å². The Morgan fingerprint density at radius 1 is 1.31 bits per heavy atom. The SMILES string of the molecule is C/C=C/CCNC(=O)c1c(C)oc(C)c1C. The number of rotatable bonds is 4. The van der Waals surface area contributed by atoms with E-state index in [0.717, 1.165) is 17.7 Å². The van der Waals surface area contributed by atoms with Gasteiger partial charge in [0.2, 0.25) is 0 Å². The molecule has 0 radical (unpaired) electrons. The fraction of sp³-hybridized carbons (Fsp3) is 0.462. The van der Waals surface area contributed by atoms with Crippen molar-refractivity contribution < 1.29 is 9.21 Å². The zero-order chi connectivity index (χ0) is 12.1. The zero-order valence-electron chi connectivity index (χ0n) is 10.4. The molecule has 3 nitrogen and oxygen atoms in total. The molecular formula is C13H19NO2. The molecule has 1 aromatic heterocycles. The van der Waals surface area contributed by atoms with Crippen molar-refractivity contribution in [1.29, 1.82) is 0 Å². The largest absolute Gasteiger partial charge is 0.466 e. The summed E-state index contributed by atoms with van der Waals surface area (Å²) in [6, 6.07) is 0. The van der Waals surface area contributed by atoms with Crippen molar-refractivity contribution in [1.82, 2.24) is 5.32 Å². The summed E-state index contributed by atoms with van der Waals surface area (Å²) in [6.07, 6.45) is 4.86. The van der Waals surface area contributed by atoms with Gasteiger partial charge in [-0.2, -0.15) is 0 Å². The first-order valence-electron chi connectivity index (χ1n) is 5.53. The van der Waals surface area contributed by atoms with Crippen LogP contribution >= 0.6 is 0 Å². The molecule has 0 aliphatic carbocycles. The Morgan fingerprint density at radius 3 is 2.50 bits per heavy atom. The lowest BCUT2D eigenvalue weighted by Gasteiger charge is -2.03. The van der Waals surface area contributed by atoms with E-state index in [2.05, 4.69) is 5.32 Å². The zero-order valence-corrected chi connectivity index (χ0v) is 10.4. The maximum atomic E-state index is 11.9. The monoisotopic (exact) mass is 221 g/mol. The Balaban J connectivity index is 2.66. The molecule has 0 bridgehead atoms. The maximum absolute atomic E-state index is 11.9. The second kappa shape index (κ2) is 5.54. The lowest BCUT2D eigenvalue weighted by molar-refractivity contribution is 0.0952. The number of carbonyl (C=O) groups is 1. The number of carbonyl (C=O) groups excluding carboxylic acids is 1. The Kier molecular flexibility index (Phi) is 4.35. The van der Waals surface area contributed by atoms with Crippen LogP contribution in [0.3, 0.4) is 0 Å². The van der Waals surface area contributed by atoms with Crippen LogP contribution in [0.15, 0.2) is 16.6 Å². The lowest BCUT2D eigenvalue weighted by atomic mass is 10.1. The minimum absolute atomic E-state index is 0.0450. The molecule has 0 saturated carbocycles. The van der Waals surface area contributed by atoms with Gasteiger partial charge in [-0.1, -0.05) is 12.2 Å². The first-order valence-corrected chi connectivity index (χ1v) is 5.53. The van der Waals surface area contributed by atoms with Gasteiger partial charge < -0.3 is 9.73 Å². The van der Waals surface area contributed by atoms with Crippen molar-refractivity contribution >= 4 is 5.91 Å². The predicted octanol–water partition coefficient (Wildman–Crippen LogP) is 2.90. The summed E-state index contributed by atoms with van der Waals surface area (Å²) >= 11 is 0. The van der Waals surface area contributed by atoms with Crippen LogP contribution in [-0.2, 0) is 0 Å². The number of allylic oxidation sites excluding steroid dienone is 1. The van der Waals surface area contributed by atoms with Crippen LogP contribution < -0.4 is 5.32 Å². The average Bonchev–Trinajstić information content (AvgIpc) is 2.48.